The van der Waals surface area contributed by atoms with Gasteiger partial charge in [-0.2, -0.15) is 4.98 Å². The fourth-order valence-corrected chi connectivity index (χ4v) is 3.83. The molecule has 30 heavy (non-hydrogen) atoms. The Hall–Kier alpha value is -2.74. The fraction of sp³-hybridized carbons (Fsp3) is 0.545. The molecule has 0 saturated carbocycles. The molecule has 0 aromatic carbocycles. The van der Waals surface area contributed by atoms with E-state index in [1.54, 1.807) is 11.0 Å². The van der Waals surface area contributed by atoms with Gasteiger partial charge >= 0.3 is 0 Å². The van der Waals surface area contributed by atoms with Crippen LogP contribution in [-0.2, 0) is 11.2 Å². The van der Waals surface area contributed by atoms with Crippen LogP contribution in [0.4, 0.5) is 0 Å². The normalized spacial score (nSPS) is 19.1. The summed E-state index contributed by atoms with van der Waals surface area (Å²) in [6, 6.07) is 1.79. The number of aryl methyl sites for hydroxylation is 2. The minimum Gasteiger partial charge on any atom is -0.475 e. The van der Waals surface area contributed by atoms with Gasteiger partial charge in [0.15, 0.2) is 5.78 Å². The molecular weight excluding hydrogens is 386 g/mol. The van der Waals surface area contributed by atoms with Crippen LogP contribution in [0.3, 0.4) is 0 Å². The second-order valence-electron chi connectivity index (χ2n) is 8.14. The van der Waals surface area contributed by atoms with Gasteiger partial charge in [-0.15, -0.1) is 0 Å². The number of hydrogen-bond acceptors (Lipinski definition) is 7. The van der Waals surface area contributed by atoms with Gasteiger partial charge in [-0.1, -0.05) is 13.8 Å². The number of carbonyl (C=O) groups is 2. The van der Waals surface area contributed by atoms with E-state index in [9.17, 15) is 9.59 Å². The molecule has 1 amide bonds. The smallest absolute Gasteiger partial charge is 0.258 e. The van der Waals surface area contributed by atoms with Crippen molar-refractivity contribution in [3.05, 3.63) is 40.7 Å². The number of morpholine rings is 1. The topological polar surface area (TPSA) is 94.8 Å². The molecule has 0 bridgehead atoms. The van der Waals surface area contributed by atoms with Crippen LogP contribution in [-0.4, -0.2) is 59.0 Å². The Morgan fingerprint density at radius 3 is 2.97 bits per heavy atom. The van der Waals surface area contributed by atoms with Gasteiger partial charge in [-0.05, 0) is 13.3 Å². The summed E-state index contributed by atoms with van der Waals surface area (Å²) in [5.74, 6) is 1.87. The first kappa shape index (κ1) is 20.5. The molecule has 0 spiro atoms. The average Bonchev–Trinajstić information content (AvgIpc) is 3.17. The van der Waals surface area contributed by atoms with Crippen molar-refractivity contribution >= 4 is 11.7 Å². The van der Waals surface area contributed by atoms with E-state index in [-0.39, 0.29) is 30.3 Å². The maximum atomic E-state index is 13.1. The molecule has 0 radical (unpaired) electrons. The molecular formula is C22H27N3O5. The minimum absolute atomic E-state index is 0.0124. The van der Waals surface area contributed by atoms with Crippen molar-refractivity contribution in [1.29, 1.82) is 0 Å². The Kier molecular flexibility index (Phi) is 5.85. The van der Waals surface area contributed by atoms with Crippen molar-refractivity contribution in [3.63, 3.8) is 0 Å². The second-order valence-corrected chi connectivity index (χ2v) is 8.14. The monoisotopic (exact) mass is 413 g/mol. The molecule has 8 heteroatoms. The Morgan fingerprint density at radius 1 is 1.33 bits per heavy atom. The van der Waals surface area contributed by atoms with E-state index in [2.05, 4.69) is 9.97 Å². The van der Waals surface area contributed by atoms with Crippen LogP contribution in [0.2, 0.25) is 0 Å². The lowest BCUT2D eigenvalue weighted by atomic mass is 9.93. The van der Waals surface area contributed by atoms with E-state index in [1.807, 2.05) is 20.8 Å². The van der Waals surface area contributed by atoms with Gasteiger partial charge in [-0.25, -0.2) is 4.98 Å². The quantitative estimate of drug-likeness (QED) is 0.744. The van der Waals surface area contributed by atoms with Crippen LogP contribution < -0.4 is 4.74 Å². The number of rotatable bonds is 5. The van der Waals surface area contributed by atoms with Gasteiger partial charge in [0.2, 0.25) is 5.88 Å². The Balaban J connectivity index is 1.41. The molecule has 1 saturated heterocycles. The summed E-state index contributed by atoms with van der Waals surface area (Å²) in [5, 5.41) is 0. The van der Waals surface area contributed by atoms with Crippen LogP contribution in [0.1, 0.15) is 70.6 Å². The molecule has 2 aromatic rings. The minimum atomic E-state index is -0.279. The first-order chi connectivity index (χ1) is 14.4. The van der Waals surface area contributed by atoms with E-state index in [4.69, 9.17) is 13.9 Å². The summed E-state index contributed by atoms with van der Waals surface area (Å²) in [7, 11) is 0. The highest BCUT2D eigenvalue weighted by atomic mass is 16.5. The van der Waals surface area contributed by atoms with Crippen molar-refractivity contribution < 1.29 is 23.5 Å². The highest BCUT2D eigenvalue weighted by Crippen LogP contribution is 2.27. The molecule has 160 valence electrons. The summed E-state index contributed by atoms with van der Waals surface area (Å²) in [6.07, 6.45) is 3.08. The third kappa shape index (κ3) is 4.23. The number of Topliss-reactive ketones (excluding diaryl/α,β-unsaturated/α-hetero) is 1. The number of furan rings is 1. The lowest BCUT2D eigenvalue weighted by Crippen LogP contribution is -2.47. The largest absolute Gasteiger partial charge is 0.475 e. The predicted octanol–water partition coefficient (Wildman–Crippen LogP) is 2.94. The van der Waals surface area contributed by atoms with Gasteiger partial charge in [0.1, 0.15) is 30.6 Å². The van der Waals surface area contributed by atoms with Crippen LogP contribution in [0.15, 0.2) is 16.7 Å². The standard InChI is InChI=1S/C22H27N3O5/c1-13(2)21-23-14(3)9-19(24-21)30-11-15-10-25(7-8-28-15)22(27)16-12-29-18-6-4-5-17(26)20(16)18/h9,12-13,15H,4-8,10-11H2,1-3H3. The Bertz CT molecular complexity index is 952. The fourth-order valence-electron chi connectivity index (χ4n) is 3.83. The average molecular weight is 413 g/mol. The van der Waals surface area contributed by atoms with Crippen molar-refractivity contribution in [2.75, 3.05) is 26.3 Å². The van der Waals surface area contributed by atoms with Crippen molar-refractivity contribution in [2.24, 2.45) is 0 Å². The highest BCUT2D eigenvalue weighted by Gasteiger charge is 2.32. The summed E-state index contributed by atoms with van der Waals surface area (Å²) < 4.78 is 17.1. The lowest BCUT2D eigenvalue weighted by Gasteiger charge is -2.32. The van der Waals surface area contributed by atoms with Crippen LogP contribution in [0.5, 0.6) is 5.88 Å². The third-order valence-corrected chi connectivity index (χ3v) is 5.39. The molecule has 8 nitrogen and oxygen atoms in total. The Labute approximate surface area is 175 Å². The zero-order valence-corrected chi connectivity index (χ0v) is 17.6. The SMILES string of the molecule is Cc1cc(OCC2CN(C(=O)c3coc4c3C(=O)CCC4)CCO2)nc(C(C)C)n1. The van der Waals surface area contributed by atoms with Gasteiger partial charge in [0, 0.05) is 37.1 Å². The summed E-state index contributed by atoms with van der Waals surface area (Å²) in [4.78, 5) is 35.9. The number of carbonyl (C=O) groups excluding carboxylic acids is 2. The molecule has 1 unspecified atom stereocenters. The third-order valence-electron chi connectivity index (χ3n) is 5.39. The number of nitrogens with zero attached hydrogens (tertiary/aromatic N) is 3. The van der Waals surface area contributed by atoms with Crippen LogP contribution in [0.25, 0.3) is 0 Å². The molecule has 4 rings (SSSR count). The predicted molar refractivity (Wildman–Crippen MR) is 108 cm³/mol. The molecule has 0 N–H and O–H groups in total. The molecule has 1 atom stereocenters. The zero-order valence-electron chi connectivity index (χ0n) is 17.6. The maximum Gasteiger partial charge on any atom is 0.258 e. The number of fused-ring (bicyclic) bond motifs is 1. The van der Waals surface area contributed by atoms with Gasteiger partial charge < -0.3 is 18.8 Å². The molecule has 1 aliphatic heterocycles. The molecule has 1 aliphatic carbocycles. The summed E-state index contributed by atoms with van der Waals surface area (Å²) >= 11 is 0. The Morgan fingerprint density at radius 2 is 2.17 bits per heavy atom. The maximum absolute atomic E-state index is 13.1. The van der Waals surface area contributed by atoms with Gasteiger partial charge in [0.05, 0.1) is 24.3 Å². The van der Waals surface area contributed by atoms with Crippen molar-refractivity contribution in [1.82, 2.24) is 14.9 Å². The van der Waals surface area contributed by atoms with Crippen LogP contribution in [0, 0.1) is 6.92 Å². The number of ether oxygens (including phenoxy) is 2. The number of aromatic nitrogens is 2. The van der Waals surface area contributed by atoms with E-state index in [0.29, 0.717) is 55.3 Å². The van der Waals surface area contributed by atoms with E-state index in [1.165, 1.54) is 6.26 Å². The second kappa shape index (κ2) is 8.55. The van der Waals surface area contributed by atoms with Gasteiger partial charge in [0.25, 0.3) is 5.91 Å². The van der Waals surface area contributed by atoms with E-state index >= 15 is 0 Å². The molecule has 2 aromatic heterocycles. The van der Waals surface area contributed by atoms with Gasteiger partial charge in [-0.3, -0.25) is 9.59 Å². The van der Waals surface area contributed by atoms with E-state index in [0.717, 1.165) is 17.9 Å². The summed E-state index contributed by atoms with van der Waals surface area (Å²) in [6.45, 7) is 7.51. The molecule has 2 aliphatic rings. The summed E-state index contributed by atoms with van der Waals surface area (Å²) in [5.41, 5.74) is 1.67. The molecule has 3 heterocycles. The van der Waals surface area contributed by atoms with Crippen molar-refractivity contribution in [3.8, 4) is 5.88 Å². The lowest BCUT2D eigenvalue weighted by molar-refractivity contribution is -0.0408. The first-order valence-corrected chi connectivity index (χ1v) is 10.4. The van der Waals surface area contributed by atoms with E-state index < -0.39 is 0 Å². The number of amides is 1. The highest BCUT2D eigenvalue weighted by molar-refractivity contribution is 6.09. The number of hydrogen-bond donors (Lipinski definition) is 0. The number of ketones is 1. The van der Waals surface area contributed by atoms with Crippen LogP contribution >= 0.6 is 0 Å². The first-order valence-electron chi connectivity index (χ1n) is 10.4. The van der Waals surface area contributed by atoms with Crippen molar-refractivity contribution in [2.45, 2.75) is 52.1 Å². The molecule has 1 fully saturated rings. The zero-order chi connectivity index (χ0) is 21.3.